The molecule has 0 aromatic carbocycles. The normalized spacial score (nSPS) is 15.1. The summed E-state index contributed by atoms with van der Waals surface area (Å²) in [4.78, 5) is 10.6. The Kier molecular flexibility index (Phi) is 5.96. The summed E-state index contributed by atoms with van der Waals surface area (Å²) >= 11 is 3.04. The van der Waals surface area contributed by atoms with E-state index in [4.69, 9.17) is 0 Å². The predicted octanol–water partition coefficient (Wildman–Crippen LogP) is 3.26. The minimum absolute atomic E-state index is 0.0412. The van der Waals surface area contributed by atoms with E-state index in [2.05, 4.69) is 15.9 Å². The summed E-state index contributed by atoms with van der Waals surface area (Å²) in [5, 5.41) is 1.65. The molecule has 108 valence electrons. The lowest BCUT2D eigenvalue weighted by Gasteiger charge is -2.23. The SMILES string of the molecule is CC(C)C(Br)CNC(=O)C(C(F)(F)F)C(F)(F)F. The molecular formula is C9H12BrF6NO. The number of alkyl halides is 7. The van der Waals surface area contributed by atoms with Crippen LogP contribution in [0.2, 0.25) is 0 Å². The van der Waals surface area contributed by atoms with Gasteiger partial charge in [0.2, 0.25) is 11.8 Å². The Morgan fingerprint density at radius 2 is 1.50 bits per heavy atom. The van der Waals surface area contributed by atoms with Crippen molar-refractivity contribution >= 4 is 21.8 Å². The number of amides is 1. The molecular weight excluding hydrogens is 332 g/mol. The van der Waals surface area contributed by atoms with Gasteiger partial charge in [0, 0.05) is 11.4 Å². The average molecular weight is 344 g/mol. The fourth-order valence-electron chi connectivity index (χ4n) is 1.02. The van der Waals surface area contributed by atoms with Crippen molar-refractivity contribution in [2.45, 2.75) is 31.0 Å². The van der Waals surface area contributed by atoms with Crippen molar-refractivity contribution in [3.05, 3.63) is 0 Å². The predicted molar refractivity (Wildman–Crippen MR) is 56.2 cm³/mol. The smallest absolute Gasteiger partial charge is 0.354 e. The van der Waals surface area contributed by atoms with Crippen LogP contribution in [0.4, 0.5) is 26.3 Å². The Labute approximate surface area is 108 Å². The molecule has 1 amide bonds. The fraction of sp³-hybridized carbons (Fsp3) is 0.889. The Hall–Kier alpha value is -0.470. The van der Waals surface area contributed by atoms with E-state index < -0.39 is 29.0 Å². The second-order valence-corrected chi connectivity index (χ2v) is 5.20. The van der Waals surface area contributed by atoms with Gasteiger partial charge in [-0.3, -0.25) is 4.79 Å². The summed E-state index contributed by atoms with van der Waals surface area (Å²) in [5.74, 6) is -6.11. The van der Waals surface area contributed by atoms with E-state index >= 15 is 0 Å². The number of hydrogen-bond acceptors (Lipinski definition) is 1. The third kappa shape index (κ3) is 5.45. The van der Waals surface area contributed by atoms with Crippen molar-refractivity contribution in [3.63, 3.8) is 0 Å². The fourth-order valence-corrected chi connectivity index (χ4v) is 1.18. The van der Waals surface area contributed by atoms with E-state index in [1.165, 1.54) is 0 Å². The molecule has 0 saturated heterocycles. The van der Waals surface area contributed by atoms with Gasteiger partial charge in [0.15, 0.2) is 0 Å². The zero-order valence-electron chi connectivity index (χ0n) is 9.49. The second kappa shape index (κ2) is 6.12. The van der Waals surface area contributed by atoms with Crippen LogP contribution in [-0.4, -0.2) is 29.6 Å². The monoisotopic (exact) mass is 343 g/mol. The highest BCUT2D eigenvalue weighted by Gasteiger charge is 2.61. The van der Waals surface area contributed by atoms with Crippen molar-refractivity contribution in [2.24, 2.45) is 11.8 Å². The quantitative estimate of drug-likeness (QED) is 0.616. The maximum absolute atomic E-state index is 12.2. The molecule has 0 bridgehead atoms. The molecule has 1 unspecified atom stereocenters. The van der Waals surface area contributed by atoms with E-state index in [-0.39, 0.29) is 12.5 Å². The molecule has 0 rings (SSSR count). The van der Waals surface area contributed by atoms with Gasteiger partial charge < -0.3 is 5.32 Å². The lowest BCUT2D eigenvalue weighted by molar-refractivity contribution is -0.274. The van der Waals surface area contributed by atoms with Crippen molar-refractivity contribution < 1.29 is 31.1 Å². The van der Waals surface area contributed by atoms with Crippen LogP contribution in [0.5, 0.6) is 0 Å². The van der Waals surface area contributed by atoms with E-state index in [9.17, 15) is 31.1 Å². The molecule has 0 fully saturated rings. The van der Waals surface area contributed by atoms with E-state index in [0.29, 0.717) is 0 Å². The molecule has 0 heterocycles. The van der Waals surface area contributed by atoms with E-state index in [1.54, 1.807) is 19.2 Å². The number of carbonyl (C=O) groups excluding carboxylic acids is 1. The maximum Gasteiger partial charge on any atom is 0.409 e. The van der Waals surface area contributed by atoms with Crippen LogP contribution >= 0.6 is 15.9 Å². The minimum Gasteiger partial charge on any atom is -0.354 e. The van der Waals surface area contributed by atoms with Crippen LogP contribution in [0, 0.1) is 11.8 Å². The number of nitrogens with one attached hydrogen (secondary N) is 1. The molecule has 0 radical (unpaired) electrons. The van der Waals surface area contributed by atoms with Crippen LogP contribution in [0.15, 0.2) is 0 Å². The first kappa shape index (κ1) is 17.5. The van der Waals surface area contributed by atoms with Gasteiger partial charge in [0.05, 0.1) is 0 Å². The summed E-state index contributed by atoms with van der Waals surface area (Å²) in [6.07, 6.45) is -11.3. The van der Waals surface area contributed by atoms with Gasteiger partial charge in [-0.25, -0.2) is 0 Å². The van der Waals surface area contributed by atoms with Gasteiger partial charge >= 0.3 is 12.4 Å². The Morgan fingerprint density at radius 1 is 1.11 bits per heavy atom. The zero-order chi connectivity index (χ0) is 14.7. The first-order valence-corrected chi connectivity index (χ1v) is 5.84. The molecule has 0 aliphatic rings. The summed E-state index contributed by atoms with van der Waals surface area (Å²) in [7, 11) is 0. The molecule has 1 atom stereocenters. The molecule has 0 aromatic heterocycles. The largest absolute Gasteiger partial charge is 0.409 e. The topological polar surface area (TPSA) is 29.1 Å². The number of halogens is 7. The van der Waals surface area contributed by atoms with Crippen LogP contribution in [0.3, 0.4) is 0 Å². The van der Waals surface area contributed by atoms with Crippen molar-refractivity contribution in [1.82, 2.24) is 5.32 Å². The third-order valence-corrected chi connectivity index (χ3v) is 3.49. The number of hydrogen-bond donors (Lipinski definition) is 1. The van der Waals surface area contributed by atoms with Crippen molar-refractivity contribution in [1.29, 1.82) is 0 Å². The Balaban J connectivity index is 4.71. The highest BCUT2D eigenvalue weighted by Crippen LogP contribution is 2.39. The zero-order valence-corrected chi connectivity index (χ0v) is 11.1. The van der Waals surface area contributed by atoms with Crippen LogP contribution in [0.25, 0.3) is 0 Å². The molecule has 0 aliphatic carbocycles. The summed E-state index contributed by atoms with van der Waals surface area (Å²) in [5.41, 5.74) is 0. The van der Waals surface area contributed by atoms with E-state index in [1.807, 2.05) is 0 Å². The second-order valence-electron chi connectivity index (χ2n) is 4.02. The molecule has 0 saturated carbocycles. The van der Waals surface area contributed by atoms with Gasteiger partial charge in [-0.05, 0) is 5.92 Å². The van der Waals surface area contributed by atoms with Gasteiger partial charge in [0.25, 0.3) is 0 Å². The third-order valence-electron chi connectivity index (χ3n) is 2.11. The number of carbonyl (C=O) groups is 1. The Bertz CT molecular complexity index is 274. The average Bonchev–Trinajstić information content (AvgIpc) is 2.08. The molecule has 0 spiro atoms. The molecule has 2 nitrogen and oxygen atoms in total. The molecule has 9 heteroatoms. The van der Waals surface area contributed by atoms with Gasteiger partial charge in [0.1, 0.15) is 0 Å². The van der Waals surface area contributed by atoms with Crippen molar-refractivity contribution in [2.75, 3.05) is 6.54 Å². The Morgan fingerprint density at radius 3 is 1.78 bits per heavy atom. The van der Waals surface area contributed by atoms with Crippen LogP contribution < -0.4 is 5.32 Å². The lowest BCUT2D eigenvalue weighted by Crippen LogP contribution is -2.49. The summed E-state index contributed by atoms with van der Waals surface area (Å²) in [6.45, 7) is 3.10. The first-order valence-electron chi connectivity index (χ1n) is 4.92. The highest BCUT2D eigenvalue weighted by atomic mass is 79.9. The lowest BCUT2D eigenvalue weighted by atomic mass is 10.1. The van der Waals surface area contributed by atoms with Crippen molar-refractivity contribution in [3.8, 4) is 0 Å². The number of rotatable bonds is 4. The van der Waals surface area contributed by atoms with E-state index in [0.717, 1.165) is 0 Å². The first-order chi connectivity index (χ1) is 7.87. The van der Waals surface area contributed by atoms with Gasteiger partial charge in [-0.15, -0.1) is 0 Å². The van der Waals surface area contributed by atoms with Crippen LogP contribution in [0.1, 0.15) is 13.8 Å². The standard InChI is InChI=1S/C9H12BrF6NO/c1-4(2)5(10)3-17-7(18)6(8(11,12)13)9(14,15)16/h4-6H,3H2,1-2H3,(H,17,18). The maximum atomic E-state index is 12.2. The molecule has 1 N–H and O–H groups in total. The van der Waals surface area contributed by atoms with Gasteiger partial charge in [-0.2, -0.15) is 26.3 Å². The molecule has 0 aliphatic heterocycles. The highest BCUT2D eigenvalue weighted by molar-refractivity contribution is 9.09. The summed E-state index contributed by atoms with van der Waals surface area (Å²) < 4.78 is 72.9. The minimum atomic E-state index is -5.65. The van der Waals surface area contributed by atoms with Crippen LogP contribution in [-0.2, 0) is 4.79 Å². The molecule has 0 aromatic rings. The summed E-state index contributed by atoms with van der Waals surface area (Å²) in [6, 6.07) is 0. The molecule has 18 heavy (non-hydrogen) atoms. The van der Waals surface area contributed by atoms with Gasteiger partial charge in [-0.1, -0.05) is 29.8 Å².